The van der Waals surface area contributed by atoms with Gasteiger partial charge in [0.25, 0.3) is 0 Å². The first-order valence-electron chi connectivity index (χ1n) is 11.0. The van der Waals surface area contributed by atoms with Crippen LogP contribution in [0.5, 0.6) is 0 Å². The van der Waals surface area contributed by atoms with Crippen molar-refractivity contribution in [2.75, 3.05) is 25.4 Å². The fourth-order valence-electron chi connectivity index (χ4n) is 4.13. The molecular weight excluding hydrogens is 392 g/mol. The molecule has 0 aromatic rings. The van der Waals surface area contributed by atoms with Gasteiger partial charge in [0, 0.05) is 43.5 Å². The number of hydroxylamine groups is 2. The van der Waals surface area contributed by atoms with Gasteiger partial charge >= 0.3 is 12.0 Å². The molecule has 0 aliphatic carbocycles. The highest BCUT2D eigenvalue weighted by Crippen LogP contribution is 2.33. The molecule has 9 heteroatoms. The van der Waals surface area contributed by atoms with Crippen LogP contribution in [0.1, 0.15) is 64.2 Å². The molecule has 0 bridgehead atoms. The second-order valence-corrected chi connectivity index (χ2v) is 9.40. The fraction of sp³-hybridized carbons (Fsp3) is 0.850. The summed E-state index contributed by atoms with van der Waals surface area (Å²) in [5.74, 6) is 0.937. The maximum Gasteiger partial charge on any atom is 0.325 e. The van der Waals surface area contributed by atoms with Crippen molar-refractivity contribution in [2.24, 2.45) is 0 Å². The van der Waals surface area contributed by atoms with Gasteiger partial charge in [-0.3, -0.25) is 9.59 Å². The van der Waals surface area contributed by atoms with Gasteiger partial charge in [0.2, 0.25) is 5.91 Å². The number of hydrogen-bond acceptors (Lipinski definition) is 6. The molecule has 29 heavy (non-hydrogen) atoms. The lowest BCUT2D eigenvalue weighted by Gasteiger charge is -2.16. The average molecular weight is 427 g/mol. The monoisotopic (exact) mass is 426 g/mol. The van der Waals surface area contributed by atoms with E-state index in [1.807, 2.05) is 11.8 Å². The van der Waals surface area contributed by atoms with Gasteiger partial charge < -0.3 is 20.8 Å². The van der Waals surface area contributed by atoms with Gasteiger partial charge in [-0.15, -0.1) is 5.06 Å². The number of hydrogen-bond donors (Lipinski definition) is 3. The second-order valence-electron chi connectivity index (χ2n) is 8.13. The summed E-state index contributed by atoms with van der Waals surface area (Å²) in [6, 6.07) is 0.463. The molecule has 3 atom stereocenters. The molecule has 3 amide bonds. The molecule has 3 aliphatic rings. The summed E-state index contributed by atoms with van der Waals surface area (Å²) in [6.07, 6.45) is 8.72. The van der Waals surface area contributed by atoms with E-state index in [0.29, 0.717) is 24.6 Å². The average Bonchev–Trinajstić information content (AvgIpc) is 3.40. The Bertz CT molecular complexity index is 571. The van der Waals surface area contributed by atoms with Crippen LogP contribution in [0.15, 0.2) is 0 Å². The molecule has 0 saturated carbocycles. The minimum absolute atomic E-state index is 0.0480. The SMILES string of the molecule is O=C(CCCCC1SC[C@@H]2NC(=O)N[C@H]12)NCCCCCC(=O)ON1CCCC1. The summed E-state index contributed by atoms with van der Waals surface area (Å²) in [6.45, 7) is 2.37. The first-order chi connectivity index (χ1) is 14.1. The van der Waals surface area contributed by atoms with Crippen molar-refractivity contribution in [3.63, 3.8) is 0 Å². The molecule has 0 aromatic heterocycles. The molecule has 1 unspecified atom stereocenters. The number of rotatable bonds is 12. The Hall–Kier alpha value is -1.48. The summed E-state index contributed by atoms with van der Waals surface area (Å²) in [7, 11) is 0. The Labute approximate surface area is 177 Å². The zero-order valence-electron chi connectivity index (χ0n) is 17.1. The number of carbonyl (C=O) groups excluding carboxylic acids is 3. The van der Waals surface area contributed by atoms with Crippen LogP contribution in [0.3, 0.4) is 0 Å². The van der Waals surface area contributed by atoms with E-state index in [-0.39, 0.29) is 30.0 Å². The van der Waals surface area contributed by atoms with Gasteiger partial charge in [-0.1, -0.05) is 12.8 Å². The summed E-state index contributed by atoms with van der Waals surface area (Å²) in [5.41, 5.74) is 0. The Morgan fingerprint density at radius 1 is 1.07 bits per heavy atom. The Morgan fingerprint density at radius 2 is 1.86 bits per heavy atom. The topological polar surface area (TPSA) is 99.8 Å². The largest absolute Gasteiger partial charge is 0.368 e. The molecule has 0 spiro atoms. The first-order valence-corrected chi connectivity index (χ1v) is 12.1. The van der Waals surface area contributed by atoms with E-state index in [4.69, 9.17) is 4.84 Å². The fourth-order valence-corrected chi connectivity index (χ4v) is 5.67. The van der Waals surface area contributed by atoms with Crippen LogP contribution in [0.25, 0.3) is 0 Å². The molecule has 0 radical (unpaired) electrons. The predicted octanol–water partition coefficient (Wildman–Crippen LogP) is 1.94. The quantitative estimate of drug-likeness (QED) is 0.326. The number of unbranched alkanes of at least 4 members (excludes halogenated alkanes) is 3. The van der Waals surface area contributed by atoms with Crippen molar-refractivity contribution < 1.29 is 19.2 Å². The van der Waals surface area contributed by atoms with Crippen molar-refractivity contribution in [1.82, 2.24) is 21.0 Å². The number of carbonyl (C=O) groups is 3. The number of fused-ring (bicyclic) bond motifs is 1. The van der Waals surface area contributed by atoms with Crippen LogP contribution in [0.4, 0.5) is 4.79 Å². The molecule has 0 aromatic carbocycles. The highest BCUT2D eigenvalue weighted by molar-refractivity contribution is 8.00. The maximum atomic E-state index is 11.9. The zero-order valence-corrected chi connectivity index (χ0v) is 17.9. The maximum absolute atomic E-state index is 11.9. The van der Waals surface area contributed by atoms with Crippen LogP contribution in [0.2, 0.25) is 0 Å². The van der Waals surface area contributed by atoms with E-state index in [2.05, 4.69) is 16.0 Å². The van der Waals surface area contributed by atoms with Gasteiger partial charge in [0.1, 0.15) is 0 Å². The predicted molar refractivity (Wildman–Crippen MR) is 112 cm³/mol. The molecule has 3 aliphatic heterocycles. The third kappa shape index (κ3) is 7.37. The highest BCUT2D eigenvalue weighted by atomic mass is 32.2. The molecule has 164 valence electrons. The summed E-state index contributed by atoms with van der Waals surface area (Å²) >= 11 is 1.91. The molecule has 3 fully saturated rings. The van der Waals surface area contributed by atoms with Crippen LogP contribution in [0, 0.1) is 0 Å². The van der Waals surface area contributed by atoms with Gasteiger partial charge in [-0.2, -0.15) is 11.8 Å². The molecular formula is C20H34N4O4S. The van der Waals surface area contributed by atoms with Crippen molar-refractivity contribution in [3.8, 4) is 0 Å². The lowest BCUT2D eigenvalue weighted by Crippen LogP contribution is -2.36. The van der Waals surface area contributed by atoms with E-state index in [1.165, 1.54) is 0 Å². The summed E-state index contributed by atoms with van der Waals surface area (Å²) in [4.78, 5) is 40.3. The smallest absolute Gasteiger partial charge is 0.325 e. The highest BCUT2D eigenvalue weighted by Gasteiger charge is 2.42. The van der Waals surface area contributed by atoms with E-state index in [9.17, 15) is 14.4 Å². The number of nitrogens with zero attached hydrogens (tertiary/aromatic N) is 1. The summed E-state index contributed by atoms with van der Waals surface area (Å²) in [5, 5.41) is 11.1. The van der Waals surface area contributed by atoms with Gasteiger partial charge in [-0.05, 0) is 38.5 Å². The second kappa shape index (κ2) is 11.6. The minimum atomic E-state index is -0.143. The molecule has 3 heterocycles. The van der Waals surface area contributed by atoms with Gasteiger partial charge in [-0.25, -0.2) is 4.79 Å². The van der Waals surface area contributed by atoms with Crippen molar-refractivity contribution in [1.29, 1.82) is 0 Å². The summed E-state index contributed by atoms with van der Waals surface area (Å²) < 4.78 is 0. The molecule has 3 N–H and O–H groups in total. The normalized spacial score (nSPS) is 26.1. The van der Waals surface area contributed by atoms with Crippen molar-refractivity contribution in [3.05, 3.63) is 0 Å². The van der Waals surface area contributed by atoms with E-state index in [1.54, 1.807) is 5.06 Å². The molecule has 8 nitrogen and oxygen atoms in total. The molecule has 3 saturated heterocycles. The van der Waals surface area contributed by atoms with E-state index >= 15 is 0 Å². The number of thioether (sulfide) groups is 1. The number of urea groups is 1. The van der Waals surface area contributed by atoms with Crippen LogP contribution < -0.4 is 16.0 Å². The Morgan fingerprint density at radius 3 is 2.69 bits per heavy atom. The van der Waals surface area contributed by atoms with Crippen LogP contribution in [-0.2, 0) is 14.4 Å². The van der Waals surface area contributed by atoms with Gasteiger partial charge in [0.15, 0.2) is 0 Å². The Kier molecular flexibility index (Phi) is 8.92. The molecule has 3 rings (SSSR count). The van der Waals surface area contributed by atoms with E-state index in [0.717, 1.165) is 70.2 Å². The number of amides is 3. The minimum Gasteiger partial charge on any atom is -0.368 e. The van der Waals surface area contributed by atoms with Crippen molar-refractivity contribution >= 4 is 29.7 Å². The first kappa shape index (κ1) is 22.2. The lowest BCUT2D eigenvalue weighted by molar-refractivity contribution is -0.185. The third-order valence-corrected chi connectivity index (χ3v) is 7.27. The zero-order chi connectivity index (χ0) is 20.5. The van der Waals surface area contributed by atoms with Crippen LogP contribution >= 0.6 is 11.8 Å². The standard InChI is InChI=1S/C20H34N4O4S/c25-17(9-4-3-8-16-19-15(14-29-16)22-20(27)23-19)21-11-5-1-2-10-18(26)28-24-12-6-7-13-24/h15-16,19H,1-14H2,(H,21,25)(H2,22,23,27)/t15-,16?,19-/m0/s1. The Balaban J connectivity index is 1.12. The van der Waals surface area contributed by atoms with E-state index < -0.39 is 0 Å². The lowest BCUT2D eigenvalue weighted by atomic mass is 10.0. The van der Waals surface area contributed by atoms with Crippen molar-refractivity contribution in [2.45, 2.75) is 81.5 Å². The number of nitrogens with one attached hydrogen (secondary N) is 3. The third-order valence-electron chi connectivity index (χ3n) is 5.76. The van der Waals surface area contributed by atoms with Crippen LogP contribution in [-0.4, -0.2) is 65.7 Å². The van der Waals surface area contributed by atoms with Gasteiger partial charge in [0.05, 0.1) is 12.1 Å².